The van der Waals surface area contributed by atoms with Crippen molar-refractivity contribution in [2.45, 2.75) is 45.6 Å². The average Bonchev–Trinajstić information content (AvgIpc) is 2.40. The minimum absolute atomic E-state index is 0.305. The number of likely N-dealkylation sites (tertiary alicyclic amines) is 2. The molecule has 0 aliphatic carbocycles. The summed E-state index contributed by atoms with van der Waals surface area (Å²) in [6.45, 7) is 8.68. The normalized spacial score (nSPS) is 33.4. The van der Waals surface area contributed by atoms with E-state index in [-0.39, 0.29) is 0 Å². The van der Waals surface area contributed by atoms with Crippen LogP contribution < -0.4 is 5.73 Å². The highest BCUT2D eigenvalue weighted by molar-refractivity contribution is 5.78. The van der Waals surface area contributed by atoms with Crippen molar-refractivity contribution in [2.24, 2.45) is 17.6 Å². The minimum Gasteiger partial charge on any atom is -0.341 e. The molecule has 0 spiro atoms. The molecule has 3 unspecified atom stereocenters. The van der Waals surface area contributed by atoms with Crippen LogP contribution in [-0.2, 0) is 4.79 Å². The monoisotopic (exact) mass is 267 g/mol. The van der Waals surface area contributed by atoms with Crippen molar-refractivity contribution in [1.29, 1.82) is 0 Å². The highest BCUT2D eigenvalue weighted by Gasteiger charge is 2.29. The van der Waals surface area contributed by atoms with Gasteiger partial charge in [-0.05, 0) is 44.1 Å². The number of hydrogen-bond acceptors (Lipinski definition) is 3. The van der Waals surface area contributed by atoms with Crippen molar-refractivity contribution >= 4 is 5.91 Å². The van der Waals surface area contributed by atoms with E-state index in [2.05, 4.69) is 23.6 Å². The summed E-state index contributed by atoms with van der Waals surface area (Å²) in [4.78, 5) is 16.8. The van der Waals surface area contributed by atoms with E-state index in [1.54, 1.807) is 0 Å². The Bertz CT molecular complexity index is 308. The van der Waals surface area contributed by atoms with Crippen LogP contribution in [0.1, 0.15) is 39.5 Å². The number of amides is 1. The molecule has 4 heteroatoms. The Morgan fingerprint density at radius 3 is 2.68 bits per heavy atom. The summed E-state index contributed by atoms with van der Waals surface area (Å²) in [5.74, 6) is 1.71. The van der Waals surface area contributed by atoms with Crippen LogP contribution in [0.4, 0.5) is 0 Å². The first-order valence-corrected chi connectivity index (χ1v) is 7.82. The number of carbonyl (C=O) groups is 1. The van der Waals surface area contributed by atoms with Gasteiger partial charge in [0.2, 0.25) is 5.91 Å². The third kappa shape index (κ3) is 3.93. The van der Waals surface area contributed by atoms with E-state index in [0.717, 1.165) is 38.4 Å². The van der Waals surface area contributed by atoms with Gasteiger partial charge in [0.25, 0.3) is 0 Å². The fourth-order valence-corrected chi connectivity index (χ4v) is 3.44. The van der Waals surface area contributed by atoms with Crippen LogP contribution in [0.25, 0.3) is 0 Å². The van der Waals surface area contributed by atoms with Crippen LogP contribution in [-0.4, -0.2) is 54.5 Å². The van der Waals surface area contributed by atoms with Crippen molar-refractivity contribution in [3.8, 4) is 0 Å². The van der Waals surface area contributed by atoms with Crippen LogP contribution in [0.2, 0.25) is 0 Å². The number of carbonyl (C=O) groups excluding carboxylic acids is 1. The maximum atomic E-state index is 12.4. The second-order valence-corrected chi connectivity index (χ2v) is 6.58. The summed E-state index contributed by atoms with van der Waals surface area (Å²) in [6.07, 6.45) is 4.75. The second-order valence-electron chi connectivity index (χ2n) is 6.58. The third-order valence-corrected chi connectivity index (χ3v) is 4.72. The molecule has 0 radical (unpaired) electrons. The highest BCUT2D eigenvalue weighted by Crippen LogP contribution is 2.22. The first kappa shape index (κ1) is 14.8. The molecule has 2 N–H and O–H groups in total. The zero-order chi connectivity index (χ0) is 13.8. The number of hydrogen-bond donors (Lipinski definition) is 1. The summed E-state index contributed by atoms with van der Waals surface area (Å²) < 4.78 is 0. The van der Waals surface area contributed by atoms with Gasteiger partial charge in [-0.25, -0.2) is 0 Å². The summed E-state index contributed by atoms with van der Waals surface area (Å²) in [5, 5.41) is 0. The van der Waals surface area contributed by atoms with Crippen molar-refractivity contribution < 1.29 is 4.79 Å². The van der Waals surface area contributed by atoms with E-state index in [1.165, 1.54) is 12.8 Å². The molecule has 2 aliphatic heterocycles. The lowest BCUT2D eigenvalue weighted by Crippen LogP contribution is -2.51. The Morgan fingerprint density at radius 1 is 1.21 bits per heavy atom. The molecule has 0 aromatic rings. The maximum absolute atomic E-state index is 12.4. The lowest BCUT2D eigenvalue weighted by Gasteiger charge is -2.39. The van der Waals surface area contributed by atoms with Gasteiger partial charge < -0.3 is 10.6 Å². The highest BCUT2D eigenvalue weighted by atomic mass is 16.2. The first-order chi connectivity index (χ1) is 9.10. The summed E-state index contributed by atoms with van der Waals surface area (Å²) in [7, 11) is 0. The van der Waals surface area contributed by atoms with E-state index in [1.807, 2.05) is 0 Å². The molecule has 2 saturated heterocycles. The molecular formula is C15H29N3O. The van der Waals surface area contributed by atoms with E-state index >= 15 is 0 Å². The molecule has 2 aliphatic rings. The number of nitrogens with two attached hydrogens (primary N) is 1. The van der Waals surface area contributed by atoms with Gasteiger partial charge in [0.1, 0.15) is 0 Å². The van der Waals surface area contributed by atoms with E-state index in [0.29, 0.717) is 31.0 Å². The van der Waals surface area contributed by atoms with Crippen LogP contribution in [0.3, 0.4) is 0 Å². The van der Waals surface area contributed by atoms with Gasteiger partial charge in [-0.1, -0.05) is 13.8 Å². The Kier molecular flexibility index (Phi) is 5.22. The van der Waals surface area contributed by atoms with Gasteiger partial charge in [0, 0.05) is 25.7 Å². The van der Waals surface area contributed by atoms with Gasteiger partial charge in [-0.2, -0.15) is 0 Å². The van der Waals surface area contributed by atoms with Crippen LogP contribution in [0, 0.1) is 11.8 Å². The Hall–Kier alpha value is -0.610. The predicted molar refractivity (Wildman–Crippen MR) is 77.8 cm³/mol. The number of rotatable bonds is 3. The van der Waals surface area contributed by atoms with E-state index < -0.39 is 0 Å². The summed E-state index contributed by atoms with van der Waals surface area (Å²) in [5.41, 5.74) is 5.87. The smallest absolute Gasteiger partial charge is 0.236 e. The molecule has 1 amide bonds. The molecule has 0 saturated carbocycles. The molecule has 0 bridgehead atoms. The van der Waals surface area contributed by atoms with Crippen LogP contribution in [0.5, 0.6) is 0 Å². The summed E-state index contributed by atoms with van der Waals surface area (Å²) >= 11 is 0. The molecule has 2 fully saturated rings. The lowest BCUT2D eigenvalue weighted by atomic mass is 9.92. The third-order valence-electron chi connectivity index (χ3n) is 4.72. The van der Waals surface area contributed by atoms with Crippen molar-refractivity contribution in [3.63, 3.8) is 0 Å². The quantitative estimate of drug-likeness (QED) is 0.838. The molecule has 0 aromatic carbocycles. The van der Waals surface area contributed by atoms with E-state index in [4.69, 9.17) is 5.73 Å². The van der Waals surface area contributed by atoms with Gasteiger partial charge in [-0.15, -0.1) is 0 Å². The molecule has 0 aromatic heterocycles. The first-order valence-electron chi connectivity index (χ1n) is 7.82. The van der Waals surface area contributed by atoms with Gasteiger partial charge in [0.05, 0.1) is 6.54 Å². The number of nitrogens with zero attached hydrogens (tertiary/aromatic N) is 2. The zero-order valence-corrected chi connectivity index (χ0v) is 12.5. The molecule has 2 heterocycles. The Balaban J connectivity index is 1.86. The zero-order valence-electron chi connectivity index (χ0n) is 12.5. The minimum atomic E-state index is 0.305. The van der Waals surface area contributed by atoms with Crippen molar-refractivity contribution in [2.75, 3.05) is 32.7 Å². The van der Waals surface area contributed by atoms with Crippen molar-refractivity contribution in [1.82, 2.24) is 9.80 Å². The Labute approximate surface area is 117 Å². The topological polar surface area (TPSA) is 49.6 Å². The molecule has 3 atom stereocenters. The maximum Gasteiger partial charge on any atom is 0.236 e. The van der Waals surface area contributed by atoms with Crippen molar-refractivity contribution in [3.05, 3.63) is 0 Å². The van der Waals surface area contributed by atoms with Gasteiger partial charge >= 0.3 is 0 Å². The van der Waals surface area contributed by atoms with E-state index in [9.17, 15) is 4.79 Å². The van der Waals surface area contributed by atoms with Crippen LogP contribution in [0.15, 0.2) is 0 Å². The lowest BCUT2D eigenvalue weighted by molar-refractivity contribution is -0.135. The van der Waals surface area contributed by atoms with Crippen LogP contribution >= 0.6 is 0 Å². The fourth-order valence-electron chi connectivity index (χ4n) is 3.44. The molecule has 4 nitrogen and oxygen atoms in total. The molecular weight excluding hydrogens is 238 g/mol. The average molecular weight is 267 g/mol. The van der Waals surface area contributed by atoms with Gasteiger partial charge in [-0.3, -0.25) is 9.69 Å². The van der Waals surface area contributed by atoms with Gasteiger partial charge in [0.15, 0.2) is 0 Å². The fraction of sp³-hybridized carbons (Fsp3) is 0.933. The standard InChI is InChI=1S/C15H29N3O/c1-12-5-7-17(14(8-12)9-16)11-15(19)18-6-3-4-13(2)10-18/h12-14H,3-11,16H2,1-2H3. The molecule has 2 rings (SSSR count). The second kappa shape index (κ2) is 6.71. The largest absolute Gasteiger partial charge is 0.341 e. The number of piperidine rings is 2. The Morgan fingerprint density at radius 2 is 2.00 bits per heavy atom. The SMILES string of the molecule is CC1CCN(CC(=O)N2CCCC(C)C2)C(CN)C1. The summed E-state index contributed by atoms with van der Waals surface area (Å²) in [6, 6.07) is 0.398. The molecule has 110 valence electrons. The molecule has 19 heavy (non-hydrogen) atoms. The predicted octanol–water partition coefficient (Wildman–Crippen LogP) is 1.30.